The fraction of sp³-hybridized carbons (Fsp3) is 0.692. The van der Waals surface area contributed by atoms with Gasteiger partial charge >= 0.3 is 0 Å². The molecule has 1 aliphatic rings. The molecule has 2 atom stereocenters. The van der Waals surface area contributed by atoms with Crippen molar-refractivity contribution in [1.29, 1.82) is 0 Å². The van der Waals surface area contributed by atoms with Crippen LogP contribution < -0.4 is 16.6 Å². The molecule has 0 saturated carbocycles. The number of nitrogens with two attached hydrogens (primary N) is 1. The van der Waals surface area contributed by atoms with Crippen LogP contribution in [-0.4, -0.2) is 48.2 Å². The highest BCUT2D eigenvalue weighted by Crippen LogP contribution is 2.20. The summed E-state index contributed by atoms with van der Waals surface area (Å²) in [6.45, 7) is 4.82. The summed E-state index contributed by atoms with van der Waals surface area (Å²) in [6, 6.07) is 2.24. The molecular weight excluding hydrogens is 256 g/mol. The van der Waals surface area contributed by atoms with Gasteiger partial charge < -0.3 is 20.4 Å². The van der Waals surface area contributed by atoms with Crippen molar-refractivity contribution in [3.8, 4) is 0 Å². The zero-order chi connectivity index (χ0) is 14.5. The second-order valence-electron chi connectivity index (χ2n) is 5.41. The van der Waals surface area contributed by atoms with Crippen LogP contribution in [0, 0.1) is 5.92 Å². The molecule has 4 N–H and O–H groups in total. The summed E-state index contributed by atoms with van der Waals surface area (Å²) in [6.07, 6.45) is 1.10. The summed E-state index contributed by atoms with van der Waals surface area (Å²) in [5.41, 5.74) is 2.57. The van der Waals surface area contributed by atoms with Crippen molar-refractivity contribution in [3.05, 3.63) is 11.9 Å². The van der Waals surface area contributed by atoms with Gasteiger partial charge in [0, 0.05) is 25.8 Å². The first kappa shape index (κ1) is 15.0. The van der Waals surface area contributed by atoms with E-state index in [9.17, 15) is 0 Å². The summed E-state index contributed by atoms with van der Waals surface area (Å²) in [4.78, 5) is 11.1. The normalized spacial score (nSPS) is 23.6. The minimum Gasteiger partial charge on any atom is -0.377 e. The molecule has 0 bridgehead atoms. The highest BCUT2D eigenvalue weighted by atomic mass is 16.5. The lowest BCUT2D eigenvalue weighted by atomic mass is 9.94. The Morgan fingerprint density at radius 1 is 1.45 bits per heavy atom. The maximum absolute atomic E-state index is 5.45. The van der Waals surface area contributed by atoms with E-state index in [1.54, 1.807) is 7.11 Å². The van der Waals surface area contributed by atoms with Crippen molar-refractivity contribution in [2.75, 3.05) is 38.0 Å². The van der Waals surface area contributed by atoms with Gasteiger partial charge in [-0.2, -0.15) is 0 Å². The van der Waals surface area contributed by atoms with Gasteiger partial charge in [0.05, 0.1) is 0 Å². The Kier molecular flexibility index (Phi) is 5.11. The number of hydrazine groups is 1. The number of anilines is 2. The number of methoxy groups -OCH3 is 1. The standard InChI is InChI=1S/C13H24N6O/c1-9-7-19(2)5-4-10(9)15-11-6-12(18-14)17-13(16-11)8-20-3/h6,9-10H,4-5,7-8,14H2,1-3H3,(H2,15,16,17,18). The number of rotatable bonds is 5. The lowest BCUT2D eigenvalue weighted by Gasteiger charge is -2.35. The number of aromatic nitrogens is 2. The second-order valence-corrected chi connectivity index (χ2v) is 5.41. The third-order valence-corrected chi connectivity index (χ3v) is 3.64. The fourth-order valence-electron chi connectivity index (χ4n) is 2.60. The number of piperidine rings is 1. The molecule has 0 aromatic carbocycles. The Balaban J connectivity index is 2.09. The van der Waals surface area contributed by atoms with Gasteiger partial charge in [-0.1, -0.05) is 6.92 Å². The first-order valence-corrected chi connectivity index (χ1v) is 6.91. The lowest BCUT2D eigenvalue weighted by molar-refractivity contribution is 0.178. The van der Waals surface area contributed by atoms with Crippen LogP contribution in [0.15, 0.2) is 6.07 Å². The maximum Gasteiger partial charge on any atom is 0.158 e. The maximum atomic E-state index is 5.45. The number of hydrogen-bond acceptors (Lipinski definition) is 7. The van der Waals surface area contributed by atoms with E-state index in [0.29, 0.717) is 30.2 Å². The molecule has 7 heteroatoms. The molecule has 2 rings (SSSR count). The highest BCUT2D eigenvalue weighted by Gasteiger charge is 2.24. The van der Waals surface area contributed by atoms with E-state index in [0.717, 1.165) is 25.3 Å². The topological polar surface area (TPSA) is 88.3 Å². The molecule has 1 aromatic rings. The van der Waals surface area contributed by atoms with E-state index in [2.05, 4.69) is 39.6 Å². The molecule has 2 heterocycles. The molecule has 20 heavy (non-hydrogen) atoms. The van der Waals surface area contributed by atoms with Crippen LogP contribution in [0.2, 0.25) is 0 Å². The van der Waals surface area contributed by atoms with Gasteiger partial charge in [0.1, 0.15) is 18.2 Å². The number of ether oxygens (including phenoxy) is 1. The van der Waals surface area contributed by atoms with Gasteiger partial charge in [0.15, 0.2) is 5.82 Å². The molecule has 1 saturated heterocycles. The van der Waals surface area contributed by atoms with Gasteiger partial charge in [-0.15, -0.1) is 0 Å². The van der Waals surface area contributed by atoms with Crippen molar-refractivity contribution in [1.82, 2.24) is 14.9 Å². The van der Waals surface area contributed by atoms with Crippen LogP contribution in [0.5, 0.6) is 0 Å². The molecule has 1 aliphatic heterocycles. The quantitative estimate of drug-likeness (QED) is 0.539. The summed E-state index contributed by atoms with van der Waals surface area (Å²) in [7, 11) is 3.78. The number of hydrogen-bond donors (Lipinski definition) is 3. The Morgan fingerprint density at radius 2 is 2.20 bits per heavy atom. The predicted octanol–water partition coefficient (Wildman–Crippen LogP) is 0.661. The molecule has 7 nitrogen and oxygen atoms in total. The number of nitrogens with zero attached hydrogens (tertiary/aromatic N) is 3. The average molecular weight is 280 g/mol. The monoisotopic (exact) mass is 280 g/mol. The predicted molar refractivity (Wildman–Crippen MR) is 79.2 cm³/mol. The van der Waals surface area contributed by atoms with Crippen LogP contribution in [0.4, 0.5) is 11.6 Å². The number of nitrogen functional groups attached to an aromatic ring is 1. The van der Waals surface area contributed by atoms with Crippen LogP contribution >= 0.6 is 0 Å². The average Bonchev–Trinajstić information content (AvgIpc) is 2.42. The lowest BCUT2D eigenvalue weighted by Crippen LogP contribution is -2.43. The Labute approximate surface area is 119 Å². The van der Waals surface area contributed by atoms with Gasteiger partial charge in [-0.3, -0.25) is 0 Å². The minimum atomic E-state index is 0.368. The largest absolute Gasteiger partial charge is 0.377 e. The number of likely N-dealkylation sites (tertiary alicyclic amines) is 1. The van der Waals surface area contributed by atoms with Gasteiger partial charge in [-0.25, -0.2) is 15.8 Å². The van der Waals surface area contributed by atoms with Crippen LogP contribution in [0.25, 0.3) is 0 Å². The first-order chi connectivity index (χ1) is 9.62. The van der Waals surface area contributed by atoms with E-state index < -0.39 is 0 Å². The van der Waals surface area contributed by atoms with Crippen LogP contribution in [0.3, 0.4) is 0 Å². The van der Waals surface area contributed by atoms with Gasteiger partial charge in [0.25, 0.3) is 0 Å². The first-order valence-electron chi connectivity index (χ1n) is 6.91. The fourth-order valence-corrected chi connectivity index (χ4v) is 2.60. The second kappa shape index (κ2) is 6.83. The zero-order valence-electron chi connectivity index (χ0n) is 12.4. The van der Waals surface area contributed by atoms with E-state index in [-0.39, 0.29) is 0 Å². The molecular formula is C13H24N6O. The van der Waals surface area contributed by atoms with Crippen molar-refractivity contribution < 1.29 is 4.74 Å². The molecule has 1 aromatic heterocycles. The third kappa shape index (κ3) is 3.78. The smallest absolute Gasteiger partial charge is 0.158 e. The molecule has 1 fully saturated rings. The zero-order valence-corrected chi connectivity index (χ0v) is 12.4. The van der Waals surface area contributed by atoms with E-state index in [1.165, 1.54) is 0 Å². The molecule has 112 valence electrons. The van der Waals surface area contributed by atoms with Gasteiger partial charge in [-0.05, 0) is 25.9 Å². The molecule has 0 amide bonds. The highest BCUT2D eigenvalue weighted by molar-refractivity contribution is 5.47. The van der Waals surface area contributed by atoms with E-state index >= 15 is 0 Å². The Hall–Kier alpha value is -1.44. The molecule has 0 aliphatic carbocycles. The summed E-state index contributed by atoms with van der Waals surface area (Å²) in [5, 5.41) is 3.50. The number of nitrogens with one attached hydrogen (secondary N) is 2. The third-order valence-electron chi connectivity index (χ3n) is 3.64. The Bertz CT molecular complexity index is 441. The van der Waals surface area contributed by atoms with E-state index in [4.69, 9.17) is 10.6 Å². The van der Waals surface area contributed by atoms with Gasteiger partial charge in [0.2, 0.25) is 0 Å². The molecule has 0 spiro atoms. The SMILES string of the molecule is COCc1nc(NN)cc(NC2CCN(C)CC2C)n1. The minimum absolute atomic E-state index is 0.368. The molecule has 2 unspecified atom stereocenters. The van der Waals surface area contributed by atoms with Crippen molar-refractivity contribution in [3.63, 3.8) is 0 Å². The van der Waals surface area contributed by atoms with Crippen LogP contribution in [-0.2, 0) is 11.3 Å². The van der Waals surface area contributed by atoms with Crippen molar-refractivity contribution in [2.45, 2.75) is 26.0 Å². The Morgan fingerprint density at radius 3 is 2.85 bits per heavy atom. The molecule has 0 radical (unpaired) electrons. The summed E-state index contributed by atoms with van der Waals surface area (Å²) >= 11 is 0. The van der Waals surface area contributed by atoms with E-state index in [1.807, 2.05) is 6.07 Å². The van der Waals surface area contributed by atoms with Crippen molar-refractivity contribution >= 4 is 11.6 Å². The van der Waals surface area contributed by atoms with Crippen LogP contribution in [0.1, 0.15) is 19.2 Å². The summed E-state index contributed by atoms with van der Waals surface area (Å²) < 4.78 is 5.08. The van der Waals surface area contributed by atoms with Crippen molar-refractivity contribution in [2.24, 2.45) is 11.8 Å². The summed E-state index contributed by atoms with van der Waals surface area (Å²) in [5.74, 6) is 8.02.